The van der Waals surface area contributed by atoms with Crippen molar-refractivity contribution in [3.63, 3.8) is 0 Å². The molecule has 2 rings (SSSR count). The molecule has 0 fully saturated rings. The van der Waals surface area contributed by atoms with Gasteiger partial charge >= 0.3 is 5.97 Å². The van der Waals surface area contributed by atoms with E-state index in [4.69, 9.17) is 5.11 Å². The third kappa shape index (κ3) is 4.42. The van der Waals surface area contributed by atoms with Crippen molar-refractivity contribution in [3.05, 3.63) is 71.0 Å². The first-order chi connectivity index (χ1) is 11.4. The fraction of sp³-hybridized carbons (Fsp3) is 0.176. The Morgan fingerprint density at radius 3 is 2.25 bits per heavy atom. The van der Waals surface area contributed by atoms with Gasteiger partial charge in [0, 0.05) is 12.6 Å². The molecule has 0 aliphatic rings. The number of carboxylic acids is 1. The highest BCUT2D eigenvalue weighted by Crippen LogP contribution is 2.17. The Morgan fingerprint density at radius 2 is 1.62 bits per heavy atom. The van der Waals surface area contributed by atoms with Crippen molar-refractivity contribution in [2.45, 2.75) is 19.0 Å². The van der Waals surface area contributed by atoms with Gasteiger partial charge in [0.1, 0.15) is 5.82 Å². The highest BCUT2D eigenvalue weighted by Gasteiger charge is 2.26. The van der Waals surface area contributed by atoms with Crippen LogP contribution in [-0.4, -0.2) is 22.9 Å². The molecule has 4 nitrogen and oxygen atoms in total. The number of ketones is 1. The van der Waals surface area contributed by atoms with Crippen molar-refractivity contribution < 1.29 is 27.9 Å². The molecule has 0 heterocycles. The number of Topliss-reactive ketones (excluding diaryl/α,β-unsaturated/α-hetero) is 1. The van der Waals surface area contributed by atoms with Gasteiger partial charge < -0.3 is 10.4 Å². The number of benzene rings is 2. The molecule has 0 saturated carbocycles. The molecule has 0 aliphatic carbocycles. The Bertz CT molecular complexity index is 750. The van der Waals surface area contributed by atoms with Crippen LogP contribution in [0.1, 0.15) is 22.3 Å². The van der Waals surface area contributed by atoms with Crippen molar-refractivity contribution in [1.29, 1.82) is 0 Å². The van der Waals surface area contributed by atoms with Gasteiger partial charge in [-0.3, -0.25) is 9.59 Å². The van der Waals surface area contributed by atoms with Crippen LogP contribution in [-0.2, 0) is 11.3 Å². The number of hydrogen-bond acceptors (Lipinski definition) is 3. The highest BCUT2D eigenvalue weighted by atomic mass is 19.2. The molecule has 24 heavy (non-hydrogen) atoms. The summed E-state index contributed by atoms with van der Waals surface area (Å²) in [5.74, 6) is -6.27. The van der Waals surface area contributed by atoms with Crippen LogP contribution in [0.25, 0.3) is 0 Å². The van der Waals surface area contributed by atoms with Gasteiger partial charge in [-0.05, 0) is 11.6 Å². The molecular weight excluding hydrogens is 323 g/mol. The van der Waals surface area contributed by atoms with Crippen LogP contribution in [0.5, 0.6) is 0 Å². The average Bonchev–Trinajstić information content (AvgIpc) is 2.55. The van der Waals surface area contributed by atoms with Gasteiger partial charge in [-0.25, -0.2) is 13.2 Å². The largest absolute Gasteiger partial charge is 0.481 e. The van der Waals surface area contributed by atoms with Gasteiger partial charge in [0.25, 0.3) is 0 Å². The lowest BCUT2D eigenvalue weighted by molar-refractivity contribution is -0.137. The number of carbonyl (C=O) groups excluding carboxylic acids is 1. The Morgan fingerprint density at radius 1 is 1.00 bits per heavy atom. The van der Waals surface area contributed by atoms with E-state index in [-0.39, 0.29) is 12.6 Å². The molecule has 126 valence electrons. The van der Waals surface area contributed by atoms with E-state index in [1.807, 2.05) is 0 Å². The summed E-state index contributed by atoms with van der Waals surface area (Å²) in [6.07, 6.45) is -0.621. The van der Waals surface area contributed by atoms with Crippen molar-refractivity contribution >= 4 is 11.8 Å². The lowest BCUT2D eigenvalue weighted by Gasteiger charge is -2.16. The maximum Gasteiger partial charge on any atom is 0.305 e. The van der Waals surface area contributed by atoms with E-state index < -0.39 is 47.2 Å². The maximum absolute atomic E-state index is 13.7. The monoisotopic (exact) mass is 337 g/mol. The quantitative estimate of drug-likeness (QED) is 0.602. The van der Waals surface area contributed by atoms with Crippen LogP contribution < -0.4 is 5.32 Å². The first-order valence-electron chi connectivity index (χ1n) is 7.06. The Balaban J connectivity index is 2.22. The van der Waals surface area contributed by atoms with Crippen LogP contribution in [0.4, 0.5) is 13.2 Å². The molecule has 0 aromatic heterocycles. The molecule has 1 atom stereocenters. The molecule has 2 aromatic rings. The van der Waals surface area contributed by atoms with Crippen LogP contribution >= 0.6 is 0 Å². The third-order valence-corrected chi connectivity index (χ3v) is 3.37. The lowest BCUT2D eigenvalue weighted by atomic mass is 10.00. The Kier molecular flexibility index (Phi) is 5.70. The van der Waals surface area contributed by atoms with Crippen LogP contribution in [0.3, 0.4) is 0 Å². The van der Waals surface area contributed by atoms with E-state index in [1.54, 1.807) is 30.3 Å². The predicted octanol–water partition coefficient (Wildman–Crippen LogP) is 2.92. The molecular formula is C17H14F3NO3. The van der Waals surface area contributed by atoms with E-state index in [9.17, 15) is 22.8 Å². The number of aliphatic carboxylic acids is 1. The summed E-state index contributed by atoms with van der Waals surface area (Å²) < 4.78 is 40.0. The molecule has 0 unspecified atom stereocenters. The van der Waals surface area contributed by atoms with Gasteiger partial charge in [-0.15, -0.1) is 0 Å². The Labute approximate surface area is 135 Å². The average molecular weight is 337 g/mol. The standard InChI is InChI=1S/C17H14F3NO3/c18-12-7-14(20)13(19)6-11(12)17(24)15(8-16(22)23)21-9-10-4-2-1-3-5-10/h1-7,15,21H,8-9H2,(H,22,23)/t15-/m0/s1. The highest BCUT2D eigenvalue weighted by molar-refractivity contribution is 6.01. The number of rotatable bonds is 7. The third-order valence-electron chi connectivity index (χ3n) is 3.37. The summed E-state index contributed by atoms with van der Waals surface area (Å²) in [7, 11) is 0. The van der Waals surface area contributed by atoms with E-state index in [0.717, 1.165) is 5.56 Å². The van der Waals surface area contributed by atoms with E-state index >= 15 is 0 Å². The van der Waals surface area contributed by atoms with E-state index in [1.165, 1.54) is 0 Å². The molecule has 0 saturated heterocycles. The molecule has 2 N–H and O–H groups in total. The smallest absolute Gasteiger partial charge is 0.305 e. The summed E-state index contributed by atoms with van der Waals surface area (Å²) in [5, 5.41) is 11.6. The molecule has 0 radical (unpaired) electrons. The number of hydrogen-bond donors (Lipinski definition) is 2. The zero-order valence-corrected chi connectivity index (χ0v) is 12.4. The molecule has 0 bridgehead atoms. The van der Waals surface area contributed by atoms with Gasteiger partial charge in [0.15, 0.2) is 17.4 Å². The van der Waals surface area contributed by atoms with E-state index in [0.29, 0.717) is 6.07 Å². The van der Waals surface area contributed by atoms with Crippen molar-refractivity contribution in [1.82, 2.24) is 5.32 Å². The second-order valence-electron chi connectivity index (χ2n) is 5.13. The molecule has 0 spiro atoms. The fourth-order valence-electron chi connectivity index (χ4n) is 2.17. The molecule has 2 aromatic carbocycles. The van der Waals surface area contributed by atoms with Crippen molar-refractivity contribution in [2.24, 2.45) is 0 Å². The summed E-state index contributed by atoms with van der Waals surface area (Å²) in [5.41, 5.74) is 0.0900. The van der Waals surface area contributed by atoms with Gasteiger partial charge in [0.2, 0.25) is 0 Å². The van der Waals surface area contributed by atoms with Gasteiger partial charge in [0.05, 0.1) is 18.0 Å². The molecule has 7 heteroatoms. The van der Waals surface area contributed by atoms with Gasteiger partial charge in [-0.1, -0.05) is 30.3 Å². The fourth-order valence-corrected chi connectivity index (χ4v) is 2.17. The second kappa shape index (κ2) is 7.74. The van der Waals surface area contributed by atoms with Crippen LogP contribution in [0.2, 0.25) is 0 Å². The topological polar surface area (TPSA) is 66.4 Å². The zero-order chi connectivity index (χ0) is 17.7. The predicted molar refractivity (Wildman–Crippen MR) is 80.0 cm³/mol. The summed E-state index contributed by atoms with van der Waals surface area (Å²) in [6, 6.07) is 8.26. The minimum Gasteiger partial charge on any atom is -0.481 e. The van der Waals surface area contributed by atoms with Gasteiger partial charge in [-0.2, -0.15) is 0 Å². The zero-order valence-electron chi connectivity index (χ0n) is 12.4. The van der Waals surface area contributed by atoms with Crippen molar-refractivity contribution in [2.75, 3.05) is 0 Å². The van der Waals surface area contributed by atoms with Crippen LogP contribution in [0, 0.1) is 17.5 Å². The molecule has 0 amide bonds. The summed E-state index contributed by atoms with van der Waals surface area (Å²) in [4.78, 5) is 23.3. The molecule has 0 aliphatic heterocycles. The van der Waals surface area contributed by atoms with E-state index in [2.05, 4.69) is 5.32 Å². The number of carboxylic acid groups (broad SMARTS) is 1. The van der Waals surface area contributed by atoms with Crippen molar-refractivity contribution in [3.8, 4) is 0 Å². The Hall–Kier alpha value is -2.67. The first kappa shape index (κ1) is 17.7. The van der Waals surface area contributed by atoms with Crippen LogP contribution in [0.15, 0.2) is 42.5 Å². The lowest BCUT2D eigenvalue weighted by Crippen LogP contribution is -2.38. The first-order valence-corrected chi connectivity index (χ1v) is 7.06. The normalized spacial score (nSPS) is 12.0. The number of nitrogens with one attached hydrogen (secondary N) is 1. The second-order valence-corrected chi connectivity index (χ2v) is 5.13. The maximum atomic E-state index is 13.7. The summed E-state index contributed by atoms with van der Waals surface area (Å²) >= 11 is 0. The number of halogens is 3. The SMILES string of the molecule is O=C(O)C[C@H](NCc1ccccc1)C(=O)c1cc(F)c(F)cc1F. The number of carbonyl (C=O) groups is 2. The minimum absolute atomic E-state index is 0.163. The minimum atomic E-state index is -1.42. The summed E-state index contributed by atoms with van der Waals surface area (Å²) in [6.45, 7) is 0.163.